The van der Waals surface area contributed by atoms with E-state index in [4.69, 9.17) is 5.73 Å². The number of hydrogen-bond donors (Lipinski definition) is 11. The highest BCUT2D eigenvalue weighted by molar-refractivity contribution is 5.98. The van der Waals surface area contributed by atoms with Gasteiger partial charge >= 0.3 is 5.97 Å². The molecule has 22 nitrogen and oxygen atoms in total. The number of benzene rings is 1. The van der Waals surface area contributed by atoms with Gasteiger partial charge in [-0.05, 0) is 51.0 Å². The molecule has 0 saturated carbocycles. The molecule has 12 N–H and O–H groups in total. The van der Waals surface area contributed by atoms with Gasteiger partial charge in [-0.3, -0.25) is 38.4 Å². The van der Waals surface area contributed by atoms with Crippen molar-refractivity contribution in [3.8, 4) is 0 Å². The van der Waals surface area contributed by atoms with E-state index >= 15 is 0 Å². The number of likely N-dealkylation sites (tertiary alicyclic amines) is 1. The molecule has 0 spiro atoms. The zero-order valence-corrected chi connectivity index (χ0v) is 37.2. The topological polar surface area (TPSA) is 336 Å². The number of H-pyrrole nitrogens is 1. The number of hydrogen-bond acceptors (Lipinski definition) is 12. The number of aromatic nitrogens is 2. The van der Waals surface area contributed by atoms with Gasteiger partial charge in [-0.1, -0.05) is 58.0 Å². The summed E-state index contributed by atoms with van der Waals surface area (Å²) in [6, 6.07) is -0.642. The van der Waals surface area contributed by atoms with E-state index < -0.39 is 114 Å². The lowest BCUT2D eigenvalue weighted by Gasteiger charge is -2.30. The molecule has 3 rings (SSSR count). The van der Waals surface area contributed by atoms with Gasteiger partial charge in [0, 0.05) is 31.3 Å². The first-order valence-corrected chi connectivity index (χ1v) is 21.2. The number of aliphatic hydroxyl groups excluding tert-OH is 1. The summed E-state index contributed by atoms with van der Waals surface area (Å²) < 4.78 is 0. The molecule has 22 heteroatoms. The average Bonchev–Trinajstić information content (AvgIpc) is 3.95. The molecule has 0 aliphatic carbocycles. The summed E-state index contributed by atoms with van der Waals surface area (Å²) in [5.74, 6) is -7.63. The SMILES string of the molecule is CC(C)[C@H](N)C(=O)N[C@H](C(=O)N[C@@H](C)C(=O)N1CCC[C@H]1C(=O)N[C@@H](Cc1ccccc1)C(=O)N[C@@H](C)C(=O)N[C@@H](Cc1cnc[nH]1)C(=O)NCC(=O)N[C@H](C(=O)O)[C@@H](C)O)C(C)C. The minimum Gasteiger partial charge on any atom is -0.480 e. The van der Waals surface area contributed by atoms with Gasteiger partial charge in [0.2, 0.25) is 47.3 Å². The Bertz CT molecular complexity index is 1940. The second-order valence-electron chi connectivity index (χ2n) is 16.6. The number of rotatable bonds is 23. The van der Waals surface area contributed by atoms with Crippen molar-refractivity contribution in [2.75, 3.05) is 13.1 Å². The second-order valence-corrected chi connectivity index (χ2v) is 16.6. The van der Waals surface area contributed by atoms with Crippen molar-refractivity contribution in [1.82, 2.24) is 52.1 Å². The van der Waals surface area contributed by atoms with Crippen LogP contribution in [0.1, 0.15) is 72.6 Å². The van der Waals surface area contributed by atoms with Gasteiger partial charge in [0.15, 0.2) is 6.04 Å². The zero-order valence-electron chi connectivity index (χ0n) is 37.2. The number of nitrogens with zero attached hydrogens (tertiary/aromatic N) is 2. The highest BCUT2D eigenvalue weighted by Crippen LogP contribution is 2.20. The third-order valence-electron chi connectivity index (χ3n) is 10.6. The number of nitrogens with one attached hydrogen (secondary N) is 8. The molecule has 1 fully saturated rings. The number of amides is 8. The van der Waals surface area contributed by atoms with Gasteiger partial charge in [-0.15, -0.1) is 0 Å². The molecule has 1 aliphatic rings. The maximum Gasteiger partial charge on any atom is 0.328 e. The van der Waals surface area contributed by atoms with E-state index in [0.717, 1.165) is 0 Å². The zero-order chi connectivity index (χ0) is 47.8. The van der Waals surface area contributed by atoms with Crippen LogP contribution in [0.4, 0.5) is 0 Å². The summed E-state index contributed by atoms with van der Waals surface area (Å²) in [5.41, 5.74) is 7.07. The van der Waals surface area contributed by atoms with Gasteiger partial charge in [0.1, 0.15) is 36.3 Å². The van der Waals surface area contributed by atoms with Crippen molar-refractivity contribution in [3.63, 3.8) is 0 Å². The lowest BCUT2D eigenvalue weighted by atomic mass is 10.00. The Hall–Kier alpha value is -6.42. The van der Waals surface area contributed by atoms with E-state index in [1.54, 1.807) is 58.0 Å². The first-order chi connectivity index (χ1) is 30.1. The molecule has 1 saturated heterocycles. The fourth-order valence-corrected chi connectivity index (χ4v) is 6.74. The molecule has 0 bridgehead atoms. The predicted molar refractivity (Wildman–Crippen MR) is 230 cm³/mol. The van der Waals surface area contributed by atoms with Crippen LogP contribution < -0.4 is 43.0 Å². The third-order valence-corrected chi connectivity index (χ3v) is 10.6. The summed E-state index contributed by atoms with van der Waals surface area (Å²) in [4.78, 5) is 126. The van der Waals surface area contributed by atoms with E-state index in [-0.39, 0.29) is 37.6 Å². The highest BCUT2D eigenvalue weighted by Gasteiger charge is 2.39. The molecule has 2 aromatic rings. The van der Waals surface area contributed by atoms with E-state index in [1.807, 2.05) is 0 Å². The lowest BCUT2D eigenvalue weighted by Crippen LogP contribution is -2.60. The van der Waals surface area contributed by atoms with E-state index in [2.05, 4.69) is 47.2 Å². The number of nitrogens with two attached hydrogens (primary N) is 1. The molecule has 352 valence electrons. The third kappa shape index (κ3) is 15.4. The number of aliphatic hydroxyl groups is 1. The number of carboxylic acid groups (broad SMARTS) is 1. The molecular formula is C42H63N11O11. The Morgan fingerprint density at radius 3 is 1.97 bits per heavy atom. The van der Waals surface area contributed by atoms with E-state index in [9.17, 15) is 53.4 Å². The molecule has 9 atom stereocenters. The number of carbonyl (C=O) groups excluding carboxylic acids is 8. The molecule has 64 heavy (non-hydrogen) atoms. The Labute approximate surface area is 371 Å². The monoisotopic (exact) mass is 897 g/mol. The molecule has 8 amide bonds. The number of carboxylic acids is 1. The standard InChI is InChI=1S/C42H63N11O11/c1-21(2)32(43)39(60)52-33(22(3)4)40(61)48-24(6)41(62)53-15-11-14-30(53)38(59)50-28(16-26-12-9-8-10-13-26)37(58)47-23(5)35(56)49-29(17-27-18-44-20-46-27)36(57)45-19-31(55)51-34(25(7)54)42(63)64/h8-10,12-13,18,20-25,28-30,32-34,54H,11,14-17,19,43H2,1-7H3,(H,44,46)(H,45,57)(H,47,58)(H,48,61)(H,49,56)(H,50,59)(H,51,55)(H,52,60)(H,63,64)/t23-,24-,25+,28-,29-,30-,32-,33-,34-/m0/s1. The second kappa shape index (κ2) is 24.4. The normalized spacial score (nSPS) is 17.4. The summed E-state index contributed by atoms with van der Waals surface area (Å²) >= 11 is 0. The molecule has 1 aliphatic heterocycles. The average molecular weight is 898 g/mol. The fraction of sp³-hybridized carbons (Fsp3) is 0.571. The van der Waals surface area contributed by atoms with Crippen LogP contribution in [-0.4, -0.2) is 146 Å². The smallest absolute Gasteiger partial charge is 0.328 e. The van der Waals surface area contributed by atoms with Crippen molar-refractivity contribution in [2.45, 2.75) is 129 Å². The predicted octanol–water partition coefficient (Wildman–Crippen LogP) is -2.64. The maximum atomic E-state index is 13.9. The van der Waals surface area contributed by atoms with Crippen LogP contribution in [0.15, 0.2) is 42.9 Å². The number of carbonyl (C=O) groups is 9. The Morgan fingerprint density at radius 1 is 0.750 bits per heavy atom. The van der Waals surface area contributed by atoms with Crippen LogP contribution in [0.25, 0.3) is 0 Å². The van der Waals surface area contributed by atoms with Crippen LogP contribution in [0, 0.1) is 11.8 Å². The first kappa shape index (κ1) is 51.9. The number of aliphatic carboxylic acids is 1. The van der Waals surface area contributed by atoms with Crippen LogP contribution >= 0.6 is 0 Å². The summed E-state index contributed by atoms with van der Waals surface area (Å²) in [6.45, 7) is 10.5. The number of aromatic amines is 1. The summed E-state index contributed by atoms with van der Waals surface area (Å²) in [5, 5.41) is 36.5. The molecule has 1 aromatic heterocycles. The minimum absolute atomic E-state index is 0.00658. The van der Waals surface area contributed by atoms with Gasteiger partial charge in [-0.25, -0.2) is 9.78 Å². The first-order valence-electron chi connectivity index (χ1n) is 21.2. The minimum atomic E-state index is -1.63. The van der Waals surface area contributed by atoms with Crippen LogP contribution in [0.2, 0.25) is 0 Å². The van der Waals surface area contributed by atoms with Crippen LogP contribution in [0.3, 0.4) is 0 Å². The Morgan fingerprint density at radius 2 is 1.39 bits per heavy atom. The fourth-order valence-electron chi connectivity index (χ4n) is 6.74. The number of imidazole rings is 1. The largest absolute Gasteiger partial charge is 0.480 e. The Balaban J connectivity index is 1.72. The Kier molecular flexibility index (Phi) is 19.8. The van der Waals surface area contributed by atoms with Crippen molar-refractivity contribution in [1.29, 1.82) is 0 Å². The van der Waals surface area contributed by atoms with Crippen molar-refractivity contribution in [2.24, 2.45) is 17.6 Å². The van der Waals surface area contributed by atoms with Gasteiger partial charge < -0.3 is 63.0 Å². The van der Waals surface area contributed by atoms with E-state index in [1.165, 1.54) is 38.2 Å². The highest BCUT2D eigenvalue weighted by atomic mass is 16.4. The lowest BCUT2D eigenvalue weighted by molar-refractivity contribution is -0.144. The van der Waals surface area contributed by atoms with Gasteiger partial charge in [-0.2, -0.15) is 0 Å². The van der Waals surface area contributed by atoms with Crippen LogP contribution in [-0.2, 0) is 56.0 Å². The molecule has 2 heterocycles. The van der Waals surface area contributed by atoms with Crippen LogP contribution in [0.5, 0.6) is 0 Å². The quantitative estimate of drug-likeness (QED) is 0.0544. The molecule has 0 unspecified atom stereocenters. The molecule has 0 radical (unpaired) electrons. The molecule has 1 aromatic carbocycles. The maximum absolute atomic E-state index is 13.9. The van der Waals surface area contributed by atoms with Crippen molar-refractivity contribution < 1.29 is 53.4 Å². The van der Waals surface area contributed by atoms with Crippen molar-refractivity contribution >= 4 is 53.2 Å². The summed E-state index contributed by atoms with van der Waals surface area (Å²) in [6.07, 6.45) is 1.91. The van der Waals surface area contributed by atoms with Gasteiger partial charge in [0.05, 0.1) is 25.0 Å². The van der Waals surface area contributed by atoms with Crippen molar-refractivity contribution in [3.05, 3.63) is 54.1 Å². The van der Waals surface area contributed by atoms with E-state index in [0.29, 0.717) is 17.7 Å². The van der Waals surface area contributed by atoms with Gasteiger partial charge in [0.25, 0.3) is 0 Å². The molecular weight excluding hydrogens is 835 g/mol. The summed E-state index contributed by atoms with van der Waals surface area (Å²) in [7, 11) is 0.